The van der Waals surface area contributed by atoms with Gasteiger partial charge in [-0.25, -0.2) is 0 Å². The Labute approximate surface area is 210 Å². The number of aliphatic hydroxyl groups is 1. The van der Waals surface area contributed by atoms with Gasteiger partial charge in [-0.1, -0.05) is 24.8 Å². The summed E-state index contributed by atoms with van der Waals surface area (Å²) in [7, 11) is 0. The third-order valence-electron chi connectivity index (χ3n) is 6.75. The van der Waals surface area contributed by atoms with Crippen molar-refractivity contribution in [1.82, 2.24) is 9.80 Å². The molecule has 1 amide bonds. The van der Waals surface area contributed by atoms with E-state index in [1.165, 1.54) is 0 Å². The van der Waals surface area contributed by atoms with Crippen molar-refractivity contribution in [3.05, 3.63) is 71.8 Å². The molecule has 2 saturated heterocycles. The first-order valence-electron chi connectivity index (χ1n) is 12.3. The number of likely N-dealkylation sites (tertiary alicyclic amines) is 2. The Bertz CT molecular complexity index is 1200. The molecular weight excluding hydrogens is 460 g/mol. The van der Waals surface area contributed by atoms with E-state index in [0.717, 1.165) is 25.9 Å². The van der Waals surface area contributed by atoms with Crippen molar-refractivity contribution >= 4 is 17.4 Å². The summed E-state index contributed by atoms with van der Waals surface area (Å²) in [6.45, 7) is 7.87. The molecule has 3 aliphatic heterocycles. The van der Waals surface area contributed by atoms with Gasteiger partial charge in [0.1, 0.15) is 31.3 Å². The summed E-state index contributed by atoms with van der Waals surface area (Å²) in [6, 6.07) is 11.5. The first-order chi connectivity index (χ1) is 17.6. The fraction of sp³-hybridized carbons (Fsp3) is 0.357. The second-order valence-corrected chi connectivity index (χ2v) is 9.07. The molecule has 3 heterocycles. The monoisotopic (exact) mass is 490 g/mol. The first-order valence-corrected chi connectivity index (χ1v) is 12.3. The Balaban J connectivity index is 1.55. The second-order valence-electron chi connectivity index (χ2n) is 9.07. The number of hydrogen-bond donors (Lipinski definition) is 1. The molecule has 0 spiro atoms. The molecule has 2 fully saturated rings. The number of ether oxygens (including phenoxy) is 3. The molecule has 0 radical (unpaired) electrons. The normalized spacial score (nSPS) is 21.1. The summed E-state index contributed by atoms with van der Waals surface area (Å²) in [4.78, 5) is 30.4. The third-order valence-corrected chi connectivity index (χ3v) is 6.75. The minimum Gasteiger partial charge on any atom is -0.507 e. The zero-order valence-electron chi connectivity index (χ0n) is 20.2. The lowest BCUT2D eigenvalue weighted by molar-refractivity contribution is -0.140. The zero-order valence-corrected chi connectivity index (χ0v) is 20.2. The summed E-state index contributed by atoms with van der Waals surface area (Å²) in [6.07, 6.45) is 3.92. The van der Waals surface area contributed by atoms with Crippen LogP contribution in [0.15, 0.2) is 60.7 Å². The molecule has 1 atom stereocenters. The quantitative estimate of drug-likeness (QED) is 0.262. The molecule has 1 N–H and O–H groups in total. The van der Waals surface area contributed by atoms with Crippen LogP contribution in [0.2, 0.25) is 0 Å². The van der Waals surface area contributed by atoms with Crippen LogP contribution in [0, 0.1) is 0 Å². The lowest BCUT2D eigenvalue weighted by Gasteiger charge is -2.27. The summed E-state index contributed by atoms with van der Waals surface area (Å²) in [5, 5.41) is 11.4. The van der Waals surface area contributed by atoms with Crippen molar-refractivity contribution in [2.24, 2.45) is 0 Å². The Kier molecular flexibility index (Phi) is 6.95. The predicted octanol–water partition coefficient (Wildman–Crippen LogP) is 3.54. The van der Waals surface area contributed by atoms with E-state index < -0.39 is 17.7 Å². The summed E-state index contributed by atoms with van der Waals surface area (Å²) >= 11 is 0. The zero-order chi connectivity index (χ0) is 25.1. The molecule has 3 aliphatic rings. The number of nitrogens with zero attached hydrogens (tertiary/aromatic N) is 2. The van der Waals surface area contributed by atoms with E-state index in [9.17, 15) is 14.7 Å². The number of carbonyl (C=O) groups excluding carboxylic acids is 2. The van der Waals surface area contributed by atoms with Gasteiger partial charge in [-0.3, -0.25) is 9.59 Å². The maximum atomic E-state index is 13.3. The van der Waals surface area contributed by atoms with Crippen molar-refractivity contribution in [1.29, 1.82) is 0 Å². The number of Topliss-reactive ketones (excluding diaryl/α,β-unsaturated/α-hetero) is 1. The maximum absolute atomic E-state index is 13.3. The molecule has 2 aromatic rings. The highest BCUT2D eigenvalue weighted by Gasteiger charge is 2.46. The van der Waals surface area contributed by atoms with Crippen LogP contribution in [-0.4, -0.2) is 72.6 Å². The van der Waals surface area contributed by atoms with Gasteiger partial charge in [-0.05, 0) is 61.8 Å². The molecule has 1 unspecified atom stereocenters. The Morgan fingerprint density at radius 3 is 2.61 bits per heavy atom. The van der Waals surface area contributed by atoms with Gasteiger partial charge >= 0.3 is 0 Å². The third kappa shape index (κ3) is 4.68. The Morgan fingerprint density at radius 2 is 1.83 bits per heavy atom. The highest BCUT2D eigenvalue weighted by Crippen LogP contribution is 2.41. The lowest BCUT2D eigenvalue weighted by atomic mass is 9.95. The Morgan fingerprint density at radius 1 is 1.06 bits per heavy atom. The van der Waals surface area contributed by atoms with Gasteiger partial charge in [-0.2, -0.15) is 0 Å². The highest BCUT2D eigenvalue weighted by molar-refractivity contribution is 6.46. The van der Waals surface area contributed by atoms with E-state index in [2.05, 4.69) is 11.5 Å². The van der Waals surface area contributed by atoms with Gasteiger partial charge in [0.05, 0.1) is 11.6 Å². The second kappa shape index (κ2) is 10.5. The molecule has 2 aromatic carbocycles. The van der Waals surface area contributed by atoms with Gasteiger partial charge in [0, 0.05) is 18.7 Å². The molecular formula is C28H30N2O6. The van der Waals surface area contributed by atoms with Crippen molar-refractivity contribution in [3.63, 3.8) is 0 Å². The fourth-order valence-electron chi connectivity index (χ4n) is 4.99. The van der Waals surface area contributed by atoms with Crippen molar-refractivity contribution < 1.29 is 28.9 Å². The minimum absolute atomic E-state index is 0.0546. The van der Waals surface area contributed by atoms with Gasteiger partial charge in [0.25, 0.3) is 11.7 Å². The molecule has 0 aromatic heterocycles. The van der Waals surface area contributed by atoms with Gasteiger partial charge in [0.2, 0.25) is 0 Å². The number of benzene rings is 2. The SMILES string of the molecule is C=CCOc1cccc(C2/C(=C(\O)c3ccc4c(c3)OCCO4)C(=O)C(=O)N2CCN2CCCC2)c1. The van der Waals surface area contributed by atoms with E-state index in [0.29, 0.717) is 61.3 Å². The molecule has 0 aliphatic carbocycles. The van der Waals surface area contributed by atoms with Crippen LogP contribution in [0.1, 0.15) is 30.0 Å². The standard InChI is InChI=1S/C28H30N2O6/c1-2-14-34-21-7-5-6-19(17-21)25-24(26(31)20-8-9-22-23(18-20)36-16-15-35-22)27(32)28(33)30(25)13-12-29-10-3-4-11-29/h2,5-9,17-18,25,31H,1,3-4,10-16H2/b26-24+. The summed E-state index contributed by atoms with van der Waals surface area (Å²) < 4.78 is 16.9. The van der Waals surface area contributed by atoms with Crippen LogP contribution in [0.5, 0.6) is 17.2 Å². The van der Waals surface area contributed by atoms with Gasteiger partial charge < -0.3 is 29.1 Å². The maximum Gasteiger partial charge on any atom is 0.295 e. The van der Waals surface area contributed by atoms with Crippen molar-refractivity contribution in [3.8, 4) is 17.2 Å². The van der Waals surface area contributed by atoms with Crippen LogP contribution in [-0.2, 0) is 9.59 Å². The van der Waals surface area contributed by atoms with Crippen LogP contribution >= 0.6 is 0 Å². The number of ketones is 1. The number of fused-ring (bicyclic) bond motifs is 1. The van der Waals surface area contributed by atoms with Crippen LogP contribution in [0.25, 0.3) is 5.76 Å². The van der Waals surface area contributed by atoms with E-state index in [-0.39, 0.29) is 11.3 Å². The van der Waals surface area contributed by atoms with E-state index in [4.69, 9.17) is 14.2 Å². The molecule has 8 heteroatoms. The first kappa shape index (κ1) is 23.9. The summed E-state index contributed by atoms with van der Waals surface area (Å²) in [5.41, 5.74) is 1.14. The average molecular weight is 491 g/mol. The van der Waals surface area contributed by atoms with Gasteiger partial charge in [-0.15, -0.1) is 0 Å². The Hall–Kier alpha value is -3.78. The predicted molar refractivity (Wildman–Crippen MR) is 134 cm³/mol. The molecule has 8 nitrogen and oxygen atoms in total. The fourth-order valence-corrected chi connectivity index (χ4v) is 4.99. The number of carbonyl (C=O) groups is 2. The molecule has 36 heavy (non-hydrogen) atoms. The molecule has 188 valence electrons. The van der Waals surface area contributed by atoms with Crippen LogP contribution in [0.4, 0.5) is 0 Å². The topological polar surface area (TPSA) is 88.5 Å². The molecule has 0 bridgehead atoms. The number of amides is 1. The highest BCUT2D eigenvalue weighted by atomic mass is 16.6. The smallest absolute Gasteiger partial charge is 0.295 e. The molecule has 0 saturated carbocycles. The number of hydrogen-bond acceptors (Lipinski definition) is 7. The molecule has 5 rings (SSSR count). The van der Waals surface area contributed by atoms with Crippen molar-refractivity contribution in [2.75, 3.05) is 46.0 Å². The largest absolute Gasteiger partial charge is 0.507 e. The van der Waals surface area contributed by atoms with E-state index >= 15 is 0 Å². The van der Waals surface area contributed by atoms with Crippen LogP contribution < -0.4 is 14.2 Å². The van der Waals surface area contributed by atoms with Gasteiger partial charge in [0.15, 0.2) is 11.5 Å². The summed E-state index contributed by atoms with van der Waals surface area (Å²) in [5.74, 6) is 0.104. The number of rotatable bonds is 8. The van der Waals surface area contributed by atoms with Crippen LogP contribution in [0.3, 0.4) is 0 Å². The number of aliphatic hydroxyl groups excluding tert-OH is 1. The van der Waals surface area contributed by atoms with E-state index in [1.54, 1.807) is 35.2 Å². The van der Waals surface area contributed by atoms with E-state index in [1.807, 2.05) is 18.2 Å². The van der Waals surface area contributed by atoms with Crippen molar-refractivity contribution in [2.45, 2.75) is 18.9 Å². The minimum atomic E-state index is -0.743. The lowest BCUT2D eigenvalue weighted by Crippen LogP contribution is -2.37. The average Bonchev–Trinajstić information content (AvgIpc) is 3.52.